The van der Waals surface area contributed by atoms with E-state index in [1.165, 1.54) is 24.3 Å². The van der Waals surface area contributed by atoms with Gasteiger partial charge in [0.25, 0.3) is 5.91 Å². The van der Waals surface area contributed by atoms with E-state index in [0.717, 1.165) is 17.2 Å². The van der Waals surface area contributed by atoms with Crippen molar-refractivity contribution in [3.8, 4) is 11.3 Å². The number of aromatic nitrogens is 1. The smallest absolute Gasteiger partial charge is 0.387 e. The molecule has 0 saturated carbocycles. The highest BCUT2D eigenvalue weighted by Gasteiger charge is 2.34. The molecule has 5 nitrogen and oxygen atoms in total. The van der Waals surface area contributed by atoms with Crippen molar-refractivity contribution in [1.82, 2.24) is 10.5 Å². The molecule has 2 aromatic carbocycles. The monoisotopic (exact) mass is 390 g/mol. The predicted octanol–water partition coefficient (Wildman–Crippen LogP) is 4.13. The van der Waals surface area contributed by atoms with Gasteiger partial charge in [-0.1, -0.05) is 53.2 Å². The van der Waals surface area contributed by atoms with Gasteiger partial charge in [-0.15, -0.1) is 0 Å². The number of nitrogens with zero attached hydrogens (tertiary/aromatic N) is 1. The van der Waals surface area contributed by atoms with Gasteiger partial charge in [-0.2, -0.15) is 13.2 Å². The fourth-order valence-corrected chi connectivity index (χ4v) is 2.67. The van der Waals surface area contributed by atoms with Gasteiger partial charge in [0.1, 0.15) is 5.69 Å². The zero-order valence-electron chi connectivity index (χ0n) is 14.8. The van der Waals surface area contributed by atoms with Crippen LogP contribution in [0.15, 0.2) is 59.1 Å². The number of aryl methyl sites for hydroxylation is 1. The van der Waals surface area contributed by atoms with E-state index in [-0.39, 0.29) is 11.3 Å². The Bertz CT molecular complexity index is 965. The van der Waals surface area contributed by atoms with Crippen LogP contribution in [0.2, 0.25) is 0 Å². The van der Waals surface area contributed by atoms with Crippen molar-refractivity contribution in [2.24, 2.45) is 0 Å². The summed E-state index contributed by atoms with van der Waals surface area (Å²) in [6.45, 7) is 1.53. The van der Waals surface area contributed by atoms with Crippen LogP contribution in [-0.4, -0.2) is 22.7 Å². The number of aliphatic hydroxyl groups is 1. The molecule has 146 valence electrons. The number of halogens is 3. The number of benzene rings is 2. The quantitative estimate of drug-likeness (QED) is 0.687. The number of carbonyl (C=O) groups excluding carboxylic acids is 1. The number of nitrogens with one attached hydrogen (secondary N) is 1. The molecule has 8 heteroatoms. The summed E-state index contributed by atoms with van der Waals surface area (Å²) < 4.78 is 44.1. The SMILES string of the molecule is Cc1ccc(-c2cc(C(=O)NCC(O)c3ccccc3C(F)(F)F)on2)cc1. The number of rotatable bonds is 5. The first kappa shape index (κ1) is 19.6. The molecule has 1 unspecified atom stereocenters. The maximum absolute atomic E-state index is 13.0. The zero-order valence-corrected chi connectivity index (χ0v) is 14.8. The van der Waals surface area contributed by atoms with E-state index in [0.29, 0.717) is 5.69 Å². The van der Waals surface area contributed by atoms with Gasteiger partial charge in [0.05, 0.1) is 11.7 Å². The van der Waals surface area contributed by atoms with E-state index in [4.69, 9.17) is 4.52 Å². The lowest BCUT2D eigenvalue weighted by molar-refractivity contribution is -0.139. The molecule has 1 atom stereocenters. The van der Waals surface area contributed by atoms with Crippen molar-refractivity contribution < 1.29 is 27.6 Å². The normalized spacial score (nSPS) is 12.6. The van der Waals surface area contributed by atoms with E-state index < -0.39 is 30.3 Å². The fourth-order valence-electron chi connectivity index (χ4n) is 2.67. The van der Waals surface area contributed by atoms with Gasteiger partial charge in [-0.05, 0) is 18.6 Å². The zero-order chi connectivity index (χ0) is 20.3. The molecule has 0 saturated heterocycles. The van der Waals surface area contributed by atoms with Crippen molar-refractivity contribution in [3.63, 3.8) is 0 Å². The Morgan fingerprint density at radius 3 is 2.54 bits per heavy atom. The van der Waals surface area contributed by atoms with Crippen molar-refractivity contribution >= 4 is 5.91 Å². The molecule has 0 bridgehead atoms. The second kappa shape index (κ2) is 7.85. The Balaban J connectivity index is 1.67. The first-order valence-electron chi connectivity index (χ1n) is 8.42. The van der Waals surface area contributed by atoms with Gasteiger partial charge in [0.2, 0.25) is 5.76 Å². The first-order chi connectivity index (χ1) is 13.3. The van der Waals surface area contributed by atoms with Crippen LogP contribution in [0, 0.1) is 6.92 Å². The Morgan fingerprint density at radius 2 is 1.86 bits per heavy atom. The summed E-state index contributed by atoms with van der Waals surface area (Å²) in [6.07, 6.45) is -6.13. The third-order valence-corrected chi connectivity index (χ3v) is 4.16. The van der Waals surface area contributed by atoms with Crippen LogP contribution < -0.4 is 5.32 Å². The van der Waals surface area contributed by atoms with Crippen LogP contribution in [0.5, 0.6) is 0 Å². The highest BCUT2D eigenvalue weighted by molar-refractivity contribution is 5.92. The van der Waals surface area contributed by atoms with Gasteiger partial charge in [-0.3, -0.25) is 4.79 Å². The highest BCUT2D eigenvalue weighted by Crippen LogP contribution is 2.34. The van der Waals surface area contributed by atoms with Crippen molar-refractivity contribution in [2.75, 3.05) is 6.54 Å². The minimum Gasteiger partial charge on any atom is -0.387 e. The molecule has 0 fully saturated rings. The summed E-state index contributed by atoms with van der Waals surface area (Å²) in [5.74, 6) is -0.790. The van der Waals surface area contributed by atoms with Gasteiger partial charge < -0.3 is 14.9 Å². The summed E-state index contributed by atoms with van der Waals surface area (Å²) in [5.41, 5.74) is 1.02. The molecular formula is C20H17F3N2O3. The van der Waals surface area contributed by atoms with Crippen LogP contribution in [0.3, 0.4) is 0 Å². The van der Waals surface area contributed by atoms with Gasteiger partial charge in [0, 0.05) is 18.2 Å². The number of carbonyl (C=O) groups is 1. The molecule has 1 heterocycles. The van der Waals surface area contributed by atoms with Crippen molar-refractivity contribution in [1.29, 1.82) is 0 Å². The van der Waals surface area contributed by atoms with E-state index in [1.807, 2.05) is 31.2 Å². The van der Waals surface area contributed by atoms with Gasteiger partial charge >= 0.3 is 6.18 Å². The molecule has 28 heavy (non-hydrogen) atoms. The Morgan fingerprint density at radius 1 is 1.18 bits per heavy atom. The lowest BCUT2D eigenvalue weighted by Gasteiger charge is -2.17. The maximum Gasteiger partial charge on any atom is 0.416 e. The van der Waals surface area contributed by atoms with Crippen molar-refractivity contribution in [3.05, 3.63) is 77.0 Å². The molecule has 0 aliphatic rings. The summed E-state index contributed by atoms with van der Waals surface area (Å²) in [5, 5.41) is 16.3. The molecule has 0 aliphatic heterocycles. The number of aliphatic hydroxyl groups excluding tert-OH is 1. The van der Waals surface area contributed by atoms with Crippen LogP contribution in [0.25, 0.3) is 11.3 Å². The number of hydrogen-bond donors (Lipinski definition) is 2. The predicted molar refractivity (Wildman–Crippen MR) is 95.4 cm³/mol. The summed E-state index contributed by atoms with van der Waals surface area (Å²) >= 11 is 0. The molecule has 0 radical (unpaired) electrons. The lowest BCUT2D eigenvalue weighted by Crippen LogP contribution is -2.29. The molecule has 1 aromatic heterocycles. The molecule has 3 rings (SSSR count). The van der Waals surface area contributed by atoms with Gasteiger partial charge in [-0.25, -0.2) is 0 Å². The average Bonchev–Trinajstić information content (AvgIpc) is 3.16. The van der Waals surface area contributed by atoms with Crippen LogP contribution in [0.1, 0.15) is 33.3 Å². The molecule has 0 aliphatic carbocycles. The van der Waals surface area contributed by atoms with E-state index in [1.54, 1.807) is 0 Å². The molecule has 3 aromatic rings. The fraction of sp³-hybridized carbons (Fsp3) is 0.200. The second-order valence-corrected chi connectivity index (χ2v) is 6.25. The standard InChI is InChI=1S/C20H17F3N2O3/c1-12-6-8-13(9-7-12)16-10-18(28-25-16)19(27)24-11-17(26)14-4-2-3-5-15(14)20(21,22)23/h2-10,17,26H,11H2,1H3,(H,24,27). The van der Waals surface area contributed by atoms with Crippen LogP contribution >= 0.6 is 0 Å². The Hall–Kier alpha value is -3.13. The van der Waals surface area contributed by atoms with Crippen LogP contribution in [0.4, 0.5) is 13.2 Å². The number of alkyl halides is 3. The molecule has 1 amide bonds. The lowest BCUT2D eigenvalue weighted by atomic mass is 10.0. The molecular weight excluding hydrogens is 373 g/mol. The largest absolute Gasteiger partial charge is 0.416 e. The first-order valence-corrected chi connectivity index (χ1v) is 8.42. The van der Waals surface area contributed by atoms with E-state index in [2.05, 4.69) is 10.5 Å². The van der Waals surface area contributed by atoms with Crippen LogP contribution in [-0.2, 0) is 6.18 Å². The molecule has 0 spiro atoms. The topological polar surface area (TPSA) is 75.4 Å². The summed E-state index contributed by atoms with van der Waals surface area (Å²) in [6, 6.07) is 13.5. The third-order valence-electron chi connectivity index (χ3n) is 4.16. The Kier molecular flexibility index (Phi) is 5.51. The maximum atomic E-state index is 13.0. The number of hydrogen-bond acceptors (Lipinski definition) is 4. The average molecular weight is 390 g/mol. The minimum atomic E-state index is -4.60. The summed E-state index contributed by atoms with van der Waals surface area (Å²) in [7, 11) is 0. The second-order valence-electron chi connectivity index (χ2n) is 6.25. The van der Waals surface area contributed by atoms with E-state index >= 15 is 0 Å². The van der Waals surface area contributed by atoms with Crippen molar-refractivity contribution in [2.45, 2.75) is 19.2 Å². The summed E-state index contributed by atoms with van der Waals surface area (Å²) in [4.78, 5) is 12.2. The number of amides is 1. The van der Waals surface area contributed by atoms with E-state index in [9.17, 15) is 23.1 Å². The van der Waals surface area contributed by atoms with Gasteiger partial charge in [0.15, 0.2) is 0 Å². The third kappa shape index (κ3) is 4.40. The molecule has 2 N–H and O–H groups in total. The minimum absolute atomic E-state index is 0.105. The highest BCUT2D eigenvalue weighted by atomic mass is 19.4. The Labute approximate surface area is 158 Å².